The van der Waals surface area contributed by atoms with E-state index in [-0.39, 0.29) is 17.6 Å². The van der Waals surface area contributed by atoms with E-state index in [0.717, 1.165) is 55.6 Å². The fraction of sp³-hybridized carbons (Fsp3) is 0.360. The van der Waals surface area contributed by atoms with Crippen LogP contribution in [0.4, 0.5) is 8.78 Å². The molecule has 0 saturated heterocycles. The number of amides is 1. The normalized spacial score (nSPS) is 15.6. The van der Waals surface area contributed by atoms with Crippen LogP contribution < -0.4 is 4.74 Å². The van der Waals surface area contributed by atoms with Gasteiger partial charge in [-0.1, -0.05) is 18.2 Å². The number of aromatic nitrogens is 2. The van der Waals surface area contributed by atoms with Gasteiger partial charge in [-0.15, -0.1) is 0 Å². The highest BCUT2D eigenvalue weighted by atomic mass is 19.1. The van der Waals surface area contributed by atoms with Crippen LogP contribution in [0, 0.1) is 30.4 Å². The van der Waals surface area contributed by atoms with Gasteiger partial charge in [-0.25, -0.2) is 13.5 Å². The second kappa shape index (κ2) is 8.37. The minimum Gasteiger partial charge on any atom is -0.435 e. The van der Waals surface area contributed by atoms with Crippen LogP contribution in [0.5, 0.6) is 11.6 Å². The van der Waals surface area contributed by atoms with Crippen LogP contribution in [0.15, 0.2) is 48.5 Å². The third-order valence-electron chi connectivity index (χ3n) is 6.00. The van der Waals surface area contributed by atoms with Crippen LogP contribution in [-0.4, -0.2) is 27.1 Å². The maximum atomic E-state index is 14.4. The number of carbonyl (C=O) groups excluding carboxylic acids is 1. The maximum absolute atomic E-state index is 14.4. The number of aryl methyl sites for hydroxylation is 1. The lowest BCUT2D eigenvalue weighted by molar-refractivity contribution is -0.133. The summed E-state index contributed by atoms with van der Waals surface area (Å²) in [5.41, 5.74) is 2.18. The molecule has 2 aliphatic rings. The zero-order chi connectivity index (χ0) is 22.2. The van der Waals surface area contributed by atoms with Crippen molar-refractivity contribution in [2.24, 2.45) is 11.8 Å². The summed E-state index contributed by atoms with van der Waals surface area (Å²) >= 11 is 0. The first-order valence-corrected chi connectivity index (χ1v) is 11.0. The molecule has 0 N–H and O–H groups in total. The quantitative estimate of drug-likeness (QED) is 0.474. The molecule has 3 aromatic rings. The molecule has 1 aromatic heterocycles. The molecular weight excluding hydrogens is 412 g/mol. The Bertz CT molecular complexity index is 1140. The van der Waals surface area contributed by atoms with Crippen molar-refractivity contribution >= 4 is 5.91 Å². The Kier molecular flexibility index (Phi) is 5.41. The van der Waals surface area contributed by atoms with E-state index in [1.165, 1.54) is 6.07 Å². The molecule has 1 heterocycles. The maximum Gasteiger partial charge on any atom is 0.228 e. The third kappa shape index (κ3) is 4.38. The smallest absolute Gasteiger partial charge is 0.228 e. The zero-order valence-corrected chi connectivity index (χ0v) is 17.9. The van der Waals surface area contributed by atoms with Crippen LogP contribution in [-0.2, 0) is 11.3 Å². The molecule has 0 unspecified atom stereocenters. The minimum absolute atomic E-state index is 0.0907. The molecule has 0 aliphatic heterocycles. The topological polar surface area (TPSA) is 47.4 Å². The van der Waals surface area contributed by atoms with Gasteiger partial charge in [0, 0.05) is 18.5 Å². The first-order chi connectivity index (χ1) is 15.5. The summed E-state index contributed by atoms with van der Waals surface area (Å²) in [7, 11) is 0. The number of para-hydroxylation sites is 1. The summed E-state index contributed by atoms with van der Waals surface area (Å²) in [6.07, 6.45) is 4.15. The summed E-state index contributed by atoms with van der Waals surface area (Å²) in [6, 6.07) is 12.6. The lowest BCUT2D eigenvalue weighted by Gasteiger charge is -2.23. The van der Waals surface area contributed by atoms with Gasteiger partial charge in [0.25, 0.3) is 0 Å². The van der Waals surface area contributed by atoms with E-state index in [1.54, 1.807) is 4.68 Å². The highest BCUT2D eigenvalue weighted by molar-refractivity contribution is 5.81. The van der Waals surface area contributed by atoms with Crippen molar-refractivity contribution in [3.05, 3.63) is 71.4 Å². The number of carbonyl (C=O) groups is 1. The van der Waals surface area contributed by atoms with E-state index in [9.17, 15) is 13.6 Å². The number of hydrogen-bond acceptors (Lipinski definition) is 3. The van der Waals surface area contributed by atoms with Crippen molar-refractivity contribution in [3.63, 3.8) is 0 Å². The molecule has 32 heavy (non-hydrogen) atoms. The van der Waals surface area contributed by atoms with Crippen LogP contribution >= 0.6 is 0 Å². The second-order valence-electron chi connectivity index (χ2n) is 8.73. The van der Waals surface area contributed by atoms with E-state index in [0.29, 0.717) is 24.0 Å². The molecule has 5 nitrogen and oxygen atoms in total. The lowest BCUT2D eigenvalue weighted by atomic mass is 10.2. The highest BCUT2D eigenvalue weighted by Gasteiger charge is 2.37. The molecule has 0 atom stereocenters. The molecule has 5 rings (SSSR count). The van der Waals surface area contributed by atoms with Crippen molar-refractivity contribution in [3.8, 4) is 17.3 Å². The predicted molar refractivity (Wildman–Crippen MR) is 116 cm³/mol. The van der Waals surface area contributed by atoms with E-state index in [2.05, 4.69) is 5.10 Å². The number of nitrogens with zero attached hydrogens (tertiary/aromatic N) is 3. The molecule has 1 amide bonds. The lowest BCUT2D eigenvalue weighted by Crippen LogP contribution is -2.33. The Balaban J connectivity index is 1.54. The summed E-state index contributed by atoms with van der Waals surface area (Å²) in [5.74, 6) is -0.400. The molecular formula is C25H25F2N3O2. The van der Waals surface area contributed by atoms with Crippen molar-refractivity contribution in [2.45, 2.75) is 39.2 Å². The van der Waals surface area contributed by atoms with Crippen LogP contribution in [0.2, 0.25) is 0 Å². The predicted octanol–water partition coefficient (Wildman–Crippen LogP) is 5.40. The van der Waals surface area contributed by atoms with Gasteiger partial charge in [-0.05, 0) is 62.8 Å². The SMILES string of the molecule is Cc1nn(-c2ccccc2)c(Oc2ccc(F)cc2F)c1CN(CC1CC1)C(=O)C1CC1. The molecule has 2 aliphatic carbocycles. The van der Waals surface area contributed by atoms with Gasteiger partial charge in [0.1, 0.15) is 5.82 Å². The number of ether oxygens (including phenoxy) is 1. The molecule has 2 fully saturated rings. The summed E-state index contributed by atoms with van der Waals surface area (Å²) < 4.78 is 35.5. The standard InChI is InChI=1S/C25H25F2N3O2/c1-16-21(15-29(14-17-7-8-17)24(31)18-9-10-18)25(30(28-16)20-5-3-2-4-6-20)32-23-12-11-19(26)13-22(23)27/h2-6,11-13,17-18H,7-10,14-15H2,1H3. The summed E-state index contributed by atoms with van der Waals surface area (Å²) in [4.78, 5) is 14.9. The second-order valence-corrected chi connectivity index (χ2v) is 8.73. The van der Waals surface area contributed by atoms with Crippen molar-refractivity contribution in [2.75, 3.05) is 6.54 Å². The van der Waals surface area contributed by atoms with E-state index >= 15 is 0 Å². The first kappa shape index (κ1) is 20.7. The number of hydrogen-bond donors (Lipinski definition) is 0. The van der Waals surface area contributed by atoms with E-state index < -0.39 is 11.6 Å². The van der Waals surface area contributed by atoms with Crippen molar-refractivity contribution < 1.29 is 18.3 Å². The van der Waals surface area contributed by atoms with Gasteiger partial charge < -0.3 is 9.64 Å². The molecule has 166 valence electrons. The van der Waals surface area contributed by atoms with Gasteiger partial charge >= 0.3 is 0 Å². The monoisotopic (exact) mass is 437 g/mol. The van der Waals surface area contributed by atoms with Crippen molar-refractivity contribution in [1.29, 1.82) is 0 Å². The van der Waals surface area contributed by atoms with Gasteiger partial charge in [-0.2, -0.15) is 5.10 Å². The average Bonchev–Trinajstić information content (AvgIpc) is 3.70. The first-order valence-electron chi connectivity index (χ1n) is 11.0. The number of benzene rings is 2. The van der Waals surface area contributed by atoms with E-state index in [1.807, 2.05) is 42.2 Å². The minimum atomic E-state index is -0.793. The van der Waals surface area contributed by atoms with Gasteiger partial charge in [0.05, 0.1) is 23.5 Å². The number of halogens is 2. The fourth-order valence-electron chi connectivity index (χ4n) is 3.86. The Hall–Kier alpha value is -3.22. The van der Waals surface area contributed by atoms with Gasteiger partial charge in [0.2, 0.25) is 11.8 Å². The largest absolute Gasteiger partial charge is 0.435 e. The Morgan fingerprint density at radius 1 is 1.12 bits per heavy atom. The molecule has 0 radical (unpaired) electrons. The Labute approximate surface area is 185 Å². The molecule has 0 bridgehead atoms. The highest BCUT2D eigenvalue weighted by Crippen LogP contribution is 2.38. The summed E-state index contributed by atoms with van der Waals surface area (Å²) in [6.45, 7) is 2.93. The Morgan fingerprint density at radius 3 is 2.53 bits per heavy atom. The molecule has 2 aromatic carbocycles. The van der Waals surface area contributed by atoms with Crippen LogP contribution in [0.1, 0.15) is 36.9 Å². The fourth-order valence-corrected chi connectivity index (χ4v) is 3.86. The third-order valence-corrected chi connectivity index (χ3v) is 6.00. The zero-order valence-electron chi connectivity index (χ0n) is 17.9. The number of rotatable bonds is 8. The molecule has 7 heteroatoms. The molecule has 2 saturated carbocycles. The van der Waals surface area contributed by atoms with Crippen LogP contribution in [0.3, 0.4) is 0 Å². The molecule has 0 spiro atoms. The van der Waals surface area contributed by atoms with E-state index in [4.69, 9.17) is 4.74 Å². The Morgan fingerprint density at radius 2 is 1.88 bits per heavy atom. The van der Waals surface area contributed by atoms with Crippen LogP contribution in [0.25, 0.3) is 5.69 Å². The van der Waals surface area contributed by atoms with Gasteiger partial charge in [-0.3, -0.25) is 4.79 Å². The van der Waals surface area contributed by atoms with Crippen molar-refractivity contribution in [1.82, 2.24) is 14.7 Å². The van der Waals surface area contributed by atoms with Gasteiger partial charge in [0.15, 0.2) is 11.6 Å². The average molecular weight is 437 g/mol. The summed E-state index contributed by atoms with van der Waals surface area (Å²) in [5, 5.41) is 4.65.